The zero-order valence-corrected chi connectivity index (χ0v) is 13.3. The van der Waals surface area contributed by atoms with Crippen LogP contribution in [0.5, 0.6) is 0 Å². The largest absolute Gasteiger partial charge is 0.314 e. The van der Waals surface area contributed by atoms with Crippen LogP contribution in [-0.2, 0) is 0 Å². The van der Waals surface area contributed by atoms with Gasteiger partial charge in [0.1, 0.15) is 0 Å². The van der Waals surface area contributed by atoms with Crippen LogP contribution in [-0.4, -0.2) is 18.3 Å². The highest BCUT2D eigenvalue weighted by atomic mass is 35.5. The zero-order valence-electron chi connectivity index (χ0n) is 11.0. The predicted molar refractivity (Wildman–Crippen MR) is 84.2 cm³/mol. The smallest absolute Gasteiger partial charge is 0.0603 e. The van der Waals surface area contributed by atoms with Crippen molar-refractivity contribution in [1.82, 2.24) is 5.32 Å². The van der Waals surface area contributed by atoms with Crippen LogP contribution in [0.1, 0.15) is 33.1 Å². The summed E-state index contributed by atoms with van der Waals surface area (Å²) in [4.78, 5) is 1.19. The van der Waals surface area contributed by atoms with Gasteiger partial charge in [0.05, 0.1) is 10.0 Å². The van der Waals surface area contributed by atoms with Gasteiger partial charge in [0.25, 0.3) is 0 Å². The Balaban J connectivity index is 2.19. The van der Waals surface area contributed by atoms with E-state index >= 15 is 0 Å². The Morgan fingerprint density at radius 2 is 2.06 bits per heavy atom. The molecule has 1 aromatic carbocycles. The van der Waals surface area contributed by atoms with Gasteiger partial charge in [-0.1, -0.05) is 30.1 Å². The van der Waals surface area contributed by atoms with Gasteiger partial charge in [0.2, 0.25) is 0 Å². The fourth-order valence-electron chi connectivity index (χ4n) is 1.64. The molecule has 0 heterocycles. The minimum absolute atomic E-state index is 0.611. The molecule has 0 aliphatic heterocycles. The van der Waals surface area contributed by atoms with E-state index in [1.54, 1.807) is 0 Å². The topological polar surface area (TPSA) is 12.0 Å². The van der Waals surface area contributed by atoms with Crippen LogP contribution in [0.2, 0.25) is 10.0 Å². The number of thioether (sulfide) groups is 1. The van der Waals surface area contributed by atoms with E-state index in [-0.39, 0.29) is 0 Å². The third-order valence-corrected chi connectivity index (χ3v) is 4.50. The van der Waals surface area contributed by atoms with E-state index in [0.29, 0.717) is 16.1 Å². The fourth-order valence-corrected chi connectivity index (χ4v) is 2.91. The lowest BCUT2D eigenvalue weighted by Crippen LogP contribution is -2.26. The van der Waals surface area contributed by atoms with Crippen molar-refractivity contribution in [3.63, 3.8) is 0 Å². The Morgan fingerprint density at radius 3 is 2.72 bits per heavy atom. The monoisotopic (exact) mass is 305 g/mol. The molecule has 0 aromatic heterocycles. The van der Waals surface area contributed by atoms with E-state index in [1.807, 2.05) is 30.0 Å². The van der Waals surface area contributed by atoms with Gasteiger partial charge < -0.3 is 5.32 Å². The number of rotatable bonds is 8. The van der Waals surface area contributed by atoms with Crippen molar-refractivity contribution < 1.29 is 0 Å². The van der Waals surface area contributed by atoms with Crippen LogP contribution in [0.4, 0.5) is 0 Å². The molecule has 1 aromatic rings. The normalized spacial score (nSPS) is 12.7. The van der Waals surface area contributed by atoms with E-state index in [0.717, 1.165) is 12.3 Å². The molecule has 0 spiro atoms. The van der Waals surface area contributed by atoms with Crippen molar-refractivity contribution in [3.05, 3.63) is 28.2 Å². The second kappa shape index (κ2) is 9.08. The summed E-state index contributed by atoms with van der Waals surface area (Å²) in [6.45, 7) is 5.56. The van der Waals surface area contributed by atoms with E-state index in [1.165, 1.54) is 24.2 Å². The predicted octanol–water partition coefficient (Wildman–Crippen LogP) is 5.25. The molecular weight excluding hydrogens is 285 g/mol. The molecule has 4 heteroatoms. The van der Waals surface area contributed by atoms with Crippen LogP contribution >= 0.6 is 35.0 Å². The number of hydrogen-bond donors (Lipinski definition) is 1. The Hall–Kier alpha value is 0.110. The van der Waals surface area contributed by atoms with Gasteiger partial charge >= 0.3 is 0 Å². The zero-order chi connectivity index (χ0) is 13.4. The average Bonchev–Trinajstić information content (AvgIpc) is 2.36. The van der Waals surface area contributed by atoms with Gasteiger partial charge in [-0.15, -0.1) is 11.8 Å². The van der Waals surface area contributed by atoms with Gasteiger partial charge in [-0.2, -0.15) is 0 Å². The standard InChI is InChI=1S/C14H21Cl2NS/c1-3-8-17-11(2)5-4-9-18-12-6-7-13(15)14(16)10-12/h6-7,10-11,17H,3-5,8-9H2,1-2H3. The summed E-state index contributed by atoms with van der Waals surface area (Å²) in [5, 5.41) is 4.76. The summed E-state index contributed by atoms with van der Waals surface area (Å²) in [6, 6.07) is 6.43. The molecule has 0 aliphatic rings. The van der Waals surface area contributed by atoms with E-state index in [4.69, 9.17) is 23.2 Å². The van der Waals surface area contributed by atoms with Gasteiger partial charge in [0, 0.05) is 10.9 Å². The summed E-state index contributed by atoms with van der Waals surface area (Å²) in [7, 11) is 0. The van der Waals surface area contributed by atoms with E-state index in [2.05, 4.69) is 19.2 Å². The molecule has 0 saturated heterocycles. The molecule has 102 valence electrons. The molecule has 0 amide bonds. The molecule has 1 rings (SSSR count). The molecule has 1 unspecified atom stereocenters. The number of benzene rings is 1. The Labute approximate surface area is 125 Å². The van der Waals surface area contributed by atoms with Gasteiger partial charge in [-0.05, 0) is 56.7 Å². The molecule has 0 aliphatic carbocycles. The third kappa shape index (κ3) is 6.33. The van der Waals surface area contributed by atoms with Gasteiger partial charge in [0.15, 0.2) is 0 Å². The number of hydrogen-bond acceptors (Lipinski definition) is 2. The lowest BCUT2D eigenvalue weighted by Gasteiger charge is -2.12. The summed E-state index contributed by atoms with van der Waals surface area (Å²) in [5.74, 6) is 1.12. The third-order valence-electron chi connectivity index (χ3n) is 2.68. The second-order valence-corrected chi connectivity index (χ2v) is 6.40. The lowest BCUT2D eigenvalue weighted by molar-refractivity contribution is 0.510. The van der Waals surface area contributed by atoms with Crippen molar-refractivity contribution in [3.8, 4) is 0 Å². The maximum atomic E-state index is 5.98. The fraction of sp³-hybridized carbons (Fsp3) is 0.571. The van der Waals surface area contributed by atoms with Crippen LogP contribution in [0.3, 0.4) is 0 Å². The first-order valence-electron chi connectivity index (χ1n) is 6.44. The first-order chi connectivity index (χ1) is 8.63. The lowest BCUT2D eigenvalue weighted by atomic mass is 10.2. The van der Waals surface area contributed by atoms with Crippen molar-refractivity contribution >= 4 is 35.0 Å². The molecule has 0 saturated carbocycles. The Kier molecular flexibility index (Phi) is 8.16. The summed E-state index contributed by atoms with van der Waals surface area (Å²) >= 11 is 13.7. The summed E-state index contributed by atoms with van der Waals surface area (Å²) in [5.41, 5.74) is 0. The first-order valence-corrected chi connectivity index (χ1v) is 8.19. The van der Waals surface area contributed by atoms with Crippen LogP contribution in [0, 0.1) is 0 Å². The maximum Gasteiger partial charge on any atom is 0.0603 e. The molecule has 0 fully saturated rings. The Bertz CT molecular complexity index is 358. The molecule has 1 nitrogen and oxygen atoms in total. The number of halogens is 2. The van der Waals surface area contributed by atoms with Gasteiger partial charge in [-0.25, -0.2) is 0 Å². The number of nitrogens with one attached hydrogen (secondary N) is 1. The summed E-state index contributed by atoms with van der Waals surface area (Å²) in [6.07, 6.45) is 3.62. The van der Waals surface area contributed by atoms with Crippen LogP contribution in [0.25, 0.3) is 0 Å². The maximum absolute atomic E-state index is 5.98. The molecule has 1 N–H and O–H groups in total. The Morgan fingerprint density at radius 1 is 1.28 bits per heavy atom. The van der Waals surface area contributed by atoms with Crippen molar-refractivity contribution in [2.45, 2.75) is 44.0 Å². The molecule has 1 atom stereocenters. The average molecular weight is 306 g/mol. The quantitative estimate of drug-likeness (QED) is 0.520. The van der Waals surface area contributed by atoms with Crippen molar-refractivity contribution in [1.29, 1.82) is 0 Å². The molecular formula is C14H21Cl2NS. The first kappa shape index (κ1) is 16.2. The van der Waals surface area contributed by atoms with Gasteiger partial charge in [-0.3, -0.25) is 0 Å². The minimum Gasteiger partial charge on any atom is -0.314 e. The van der Waals surface area contributed by atoms with E-state index in [9.17, 15) is 0 Å². The SMILES string of the molecule is CCCNC(C)CCCSc1ccc(Cl)c(Cl)c1. The van der Waals surface area contributed by atoms with Crippen LogP contribution < -0.4 is 5.32 Å². The van der Waals surface area contributed by atoms with Crippen molar-refractivity contribution in [2.24, 2.45) is 0 Å². The molecule has 18 heavy (non-hydrogen) atoms. The van der Waals surface area contributed by atoms with Crippen LogP contribution in [0.15, 0.2) is 23.1 Å². The van der Waals surface area contributed by atoms with Crippen molar-refractivity contribution in [2.75, 3.05) is 12.3 Å². The highest BCUT2D eigenvalue weighted by Gasteiger charge is 2.02. The summed E-state index contributed by atoms with van der Waals surface area (Å²) < 4.78 is 0. The van der Waals surface area contributed by atoms with E-state index < -0.39 is 0 Å². The minimum atomic E-state index is 0.611. The highest BCUT2D eigenvalue weighted by molar-refractivity contribution is 7.99. The molecule has 0 bridgehead atoms. The molecule has 0 radical (unpaired) electrons. The second-order valence-electron chi connectivity index (χ2n) is 4.42. The highest BCUT2D eigenvalue weighted by Crippen LogP contribution is 2.28.